The van der Waals surface area contributed by atoms with E-state index in [1.54, 1.807) is 0 Å². The standard InChI is InChI=1S/C11H7F3OS/c1-7(15)16-4-2-3-8-5-10(13)11(14)6-9(8)12/h5-6H,4H2,1H3. The molecule has 1 rings (SSSR count). The summed E-state index contributed by atoms with van der Waals surface area (Å²) >= 11 is 0.961. The van der Waals surface area contributed by atoms with Crippen LogP contribution in [0.4, 0.5) is 13.2 Å². The van der Waals surface area contributed by atoms with Crippen LogP contribution < -0.4 is 0 Å². The molecular weight excluding hydrogens is 237 g/mol. The minimum absolute atomic E-state index is 0.111. The van der Waals surface area contributed by atoms with Crippen molar-refractivity contribution in [3.63, 3.8) is 0 Å². The molecule has 0 N–H and O–H groups in total. The fourth-order valence-corrected chi connectivity index (χ4v) is 1.23. The van der Waals surface area contributed by atoms with Crippen LogP contribution in [0.25, 0.3) is 0 Å². The molecule has 0 amide bonds. The van der Waals surface area contributed by atoms with Crippen LogP contribution in [-0.4, -0.2) is 10.9 Å². The number of thioether (sulfide) groups is 1. The average molecular weight is 244 g/mol. The largest absolute Gasteiger partial charge is 0.288 e. The number of carbonyl (C=O) groups is 1. The van der Waals surface area contributed by atoms with Gasteiger partial charge in [-0.1, -0.05) is 23.6 Å². The quantitative estimate of drug-likeness (QED) is 0.558. The molecule has 0 aliphatic rings. The number of carbonyl (C=O) groups excluding carboxylic acids is 1. The van der Waals surface area contributed by atoms with Crippen molar-refractivity contribution in [1.82, 2.24) is 0 Å². The van der Waals surface area contributed by atoms with Crippen molar-refractivity contribution in [2.45, 2.75) is 6.92 Å². The SMILES string of the molecule is CC(=O)SCC#Cc1cc(F)c(F)cc1F. The maximum absolute atomic E-state index is 13.0. The van der Waals surface area contributed by atoms with Crippen molar-refractivity contribution in [2.24, 2.45) is 0 Å². The highest BCUT2D eigenvalue weighted by atomic mass is 32.2. The fourth-order valence-electron chi connectivity index (χ4n) is 0.887. The van der Waals surface area contributed by atoms with E-state index in [1.165, 1.54) is 6.92 Å². The Morgan fingerprint density at radius 1 is 1.25 bits per heavy atom. The second-order valence-electron chi connectivity index (χ2n) is 2.83. The lowest BCUT2D eigenvalue weighted by Gasteiger charge is -1.96. The predicted molar refractivity (Wildman–Crippen MR) is 56.3 cm³/mol. The molecule has 0 heterocycles. The molecule has 0 atom stereocenters. The first kappa shape index (κ1) is 12.7. The Labute approximate surface area is 95.0 Å². The molecule has 16 heavy (non-hydrogen) atoms. The molecule has 1 nitrogen and oxygen atoms in total. The predicted octanol–water partition coefficient (Wildman–Crippen LogP) is 2.74. The third kappa shape index (κ3) is 3.63. The number of hydrogen-bond donors (Lipinski definition) is 0. The highest BCUT2D eigenvalue weighted by Crippen LogP contribution is 2.12. The molecule has 0 unspecified atom stereocenters. The first-order chi connectivity index (χ1) is 7.50. The topological polar surface area (TPSA) is 17.1 Å². The molecule has 0 saturated carbocycles. The Balaban J connectivity index is 2.81. The Morgan fingerprint density at radius 3 is 2.50 bits per heavy atom. The third-order valence-electron chi connectivity index (χ3n) is 1.58. The maximum Gasteiger partial charge on any atom is 0.186 e. The molecule has 0 aromatic heterocycles. The van der Waals surface area contributed by atoms with Crippen molar-refractivity contribution in [2.75, 3.05) is 5.75 Å². The second kappa shape index (κ2) is 5.61. The molecule has 0 bridgehead atoms. The summed E-state index contributed by atoms with van der Waals surface area (Å²) in [6, 6.07) is 1.13. The smallest absolute Gasteiger partial charge is 0.186 e. The highest BCUT2D eigenvalue weighted by Gasteiger charge is 2.07. The van der Waals surface area contributed by atoms with E-state index in [0.717, 1.165) is 11.8 Å². The molecule has 0 radical (unpaired) electrons. The van der Waals surface area contributed by atoms with E-state index >= 15 is 0 Å². The van der Waals surface area contributed by atoms with E-state index in [1.807, 2.05) is 0 Å². The van der Waals surface area contributed by atoms with Gasteiger partial charge in [0.1, 0.15) is 5.82 Å². The summed E-state index contributed by atoms with van der Waals surface area (Å²) in [7, 11) is 0. The van der Waals surface area contributed by atoms with Gasteiger partial charge in [0.2, 0.25) is 0 Å². The zero-order chi connectivity index (χ0) is 12.1. The lowest BCUT2D eigenvalue weighted by molar-refractivity contribution is -0.109. The van der Waals surface area contributed by atoms with E-state index in [9.17, 15) is 18.0 Å². The number of rotatable bonds is 1. The van der Waals surface area contributed by atoms with E-state index in [2.05, 4.69) is 11.8 Å². The maximum atomic E-state index is 13.0. The third-order valence-corrected chi connectivity index (χ3v) is 2.28. The van der Waals surface area contributed by atoms with Gasteiger partial charge in [0.15, 0.2) is 16.7 Å². The van der Waals surface area contributed by atoms with Crippen LogP contribution in [0.3, 0.4) is 0 Å². The fraction of sp³-hybridized carbons (Fsp3) is 0.182. The van der Waals surface area contributed by atoms with Crippen LogP contribution >= 0.6 is 11.8 Å². The van der Waals surface area contributed by atoms with E-state index in [-0.39, 0.29) is 16.4 Å². The molecule has 0 aliphatic heterocycles. The minimum Gasteiger partial charge on any atom is -0.288 e. The molecule has 84 valence electrons. The van der Waals surface area contributed by atoms with Gasteiger partial charge in [0, 0.05) is 13.0 Å². The Hall–Kier alpha value is -1.41. The number of benzene rings is 1. The van der Waals surface area contributed by atoms with Crippen molar-refractivity contribution < 1.29 is 18.0 Å². The normalized spacial score (nSPS) is 9.50. The molecule has 5 heteroatoms. The summed E-state index contributed by atoms with van der Waals surface area (Å²) in [4.78, 5) is 10.5. The lowest BCUT2D eigenvalue weighted by Crippen LogP contribution is -1.91. The van der Waals surface area contributed by atoms with Gasteiger partial charge in [-0.05, 0) is 6.07 Å². The van der Waals surface area contributed by atoms with Crippen molar-refractivity contribution >= 4 is 16.9 Å². The molecular formula is C11H7F3OS. The van der Waals surface area contributed by atoms with Crippen LogP contribution in [0.1, 0.15) is 12.5 Å². The van der Waals surface area contributed by atoms with Crippen molar-refractivity contribution in [3.8, 4) is 11.8 Å². The first-order valence-electron chi connectivity index (χ1n) is 4.27. The van der Waals surface area contributed by atoms with Crippen LogP contribution in [0, 0.1) is 29.3 Å². The van der Waals surface area contributed by atoms with Gasteiger partial charge in [-0.2, -0.15) is 0 Å². The molecule has 0 fully saturated rings. The number of hydrogen-bond acceptors (Lipinski definition) is 2. The Morgan fingerprint density at radius 2 is 1.88 bits per heavy atom. The lowest BCUT2D eigenvalue weighted by atomic mass is 10.2. The minimum atomic E-state index is -1.25. The summed E-state index contributed by atoms with van der Waals surface area (Å²) in [6.07, 6.45) is 0. The molecule has 0 aliphatic carbocycles. The zero-order valence-electron chi connectivity index (χ0n) is 8.31. The summed E-state index contributed by atoms with van der Waals surface area (Å²) in [6.45, 7) is 1.38. The Bertz CT molecular complexity index is 474. The van der Waals surface area contributed by atoms with E-state index in [4.69, 9.17) is 0 Å². The molecule has 1 aromatic rings. The van der Waals surface area contributed by atoms with Gasteiger partial charge in [-0.25, -0.2) is 13.2 Å². The van der Waals surface area contributed by atoms with Crippen LogP contribution in [0.2, 0.25) is 0 Å². The average Bonchev–Trinajstić information content (AvgIpc) is 2.19. The summed E-state index contributed by atoms with van der Waals surface area (Å²) in [5.41, 5.74) is -0.219. The molecule has 1 aromatic carbocycles. The molecule has 0 saturated heterocycles. The van der Waals surface area contributed by atoms with Crippen molar-refractivity contribution in [3.05, 3.63) is 35.1 Å². The van der Waals surface area contributed by atoms with Crippen LogP contribution in [0.5, 0.6) is 0 Å². The van der Waals surface area contributed by atoms with Gasteiger partial charge in [-0.3, -0.25) is 4.79 Å². The van der Waals surface area contributed by atoms with Crippen LogP contribution in [0.15, 0.2) is 12.1 Å². The second-order valence-corrected chi connectivity index (χ2v) is 3.98. The van der Waals surface area contributed by atoms with Gasteiger partial charge < -0.3 is 0 Å². The van der Waals surface area contributed by atoms with E-state index in [0.29, 0.717) is 12.1 Å². The Kier molecular flexibility index (Phi) is 4.44. The van der Waals surface area contributed by atoms with Gasteiger partial charge in [-0.15, -0.1) is 0 Å². The highest BCUT2D eigenvalue weighted by molar-refractivity contribution is 8.13. The van der Waals surface area contributed by atoms with Crippen LogP contribution in [-0.2, 0) is 4.79 Å². The summed E-state index contributed by atoms with van der Waals surface area (Å²) < 4.78 is 38.3. The van der Waals surface area contributed by atoms with Gasteiger partial charge in [0.05, 0.1) is 11.3 Å². The van der Waals surface area contributed by atoms with Gasteiger partial charge >= 0.3 is 0 Å². The van der Waals surface area contributed by atoms with Crippen molar-refractivity contribution in [1.29, 1.82) is 0 Å². The molecule has 0 spiro atoms. The summed E-state index contributed by atoms with van der Waals surface area (Å²) in [5, 5.41) is -0.111. The number of halogens is 3. The van der Waals surface area contributed by atoms with Gasteiger partial charge in [0.25, 0.3) is 0 Å². The summed E-state index contributed by atoms with van der Waals surface area (Å²) in [5.74, 6) is 1.69. The first-order valence-corrected chi connectivity index (χ1v) is 5.26. The van der Waals surface area contributed by atoms with E-state index < -0.39 is 17.5 Å². The monoisotopic (exact) mass is 244 g/mol. The zero-order valence-corrected chi connectivity index (χ0v) is 9.13.